The predicted molar refractivity (Wildman–Crippen MR) is 52.3 cm³/mol. The third kappa shape index (κ3) is 16.1. The normalized spacial score (nSPS) is 8.24. The maximum Gasteiger partial charge on any atom is 1.00 e. The Labute approximate surface area is 133 Å². The van der Waals surface area contributed by atoms with Crippen molar-refractivity contribution in [3.63, 3.8) is 0 Å². The summed E-state index contributed by atoms with van der Waals surface area (Å²) in [7, 11) is 0. The van der Waals surface area contributed by atoms with Gasteiger partial charge in [0.1, 0.15) is 0 Å². The molecular weight excluding hydrogens is 291 g/mol. The number of rotatable bonds is 0. The Morgan fingerprint density at radius 3 is 1.71 bits per heavy atom. The van der Waals surface area contributed by atoms with Gasteiger partial charge in [0.25, 0.3) is 0 Å². The molecule has 88 valence electrons. The van der Waals surface area contributed by atoms with Gasteiger partial charge in [0.2, 0.25) is 0 Å². The van der Waals surface area contributed by atoms with Crippen molar-refractivity contribution < 1.29 is 65.0 Å². The summed E-state index contributed by atoms with van der Waals surface area (Å²) in [5.41, 5.74) is -0.583. The van der Waals surface area contributed by atoms with Gasteiger partial charge in [-0.1, -0.05) is 0 Å². The third-order valence-electron chi connectivity index (χ3n) is 1.32. The molecule has 17 heavy (non-hydrogen) atoms. The zero-order chi connectivity index (χ0) is 11.2. The summed E-state index contributed by atoms with van der Waals surface area (Å²) in [5.74, 6) is -0.966. The van der Waals surface area contributed by atoms with Crippen molar-refractivity contribution in [2.75, 3.05) is 0 Å². The van der Waals surface area contributed by atoms with Crippen LogP contribution in [0.5, 0.6) is 0 Å². The Bertz CT molecular complexity index is 291. The van der Waals surface area contributed by atoms with Crippen molar-refractivity contribution in [3.8, 4) is 0 Å². The predicted octanol–water partition coefficient (Wildman–Crippen LogP) is -3.25. The summed E-state index contributed by atoms with van der Waals surface area (Å²) in [4.78, 5) is 10.0. The Morgan fingerprint density at radius 1 is 1.29 bits per heavy atom. The standard InChI is InChI=1S/C6H4F.C5H10O2.ClH.Li.Zn/c7-6-4-2-1-3-5-6;1-5(2,3)4(6)7;;;/h2-5H;1-3H3,(H,6,7);1H;;/q-1;;;+1;/p-1. The second-order valence-electron chi connectivity index (χ2n) is 3.77. The van der Waals surface area contributed by atoms with Gasteiger partial charge in [-0.2, -0.15) is 18.2 Å². The van der Waals surface area contributed by atoms with Crippen LogP contribution in [-0.2, 0) is 24.3 Å². The van der Waals surface area contributed by atoms with Crippen LogP contribution in [0.4, 0.5) is 4.39 Å². The molecule has 0 unspecified atom stereocenters. The fourth-order valence-electron chi connectivity index (χ4n) is 0.367. The van der Waals surface area contributed by atoms with Crippen LogP contribution in [0.25, 0.3) is 0 Å². The van der Waals surface area contributed by atoms with Crippen LogP contribution in [0.15, 0.2) is 24.3 Å². The molecule has 1 N–H and O–H groups in total. The monoisotopic (exact) mass is 303 g/mol. The molecule has 0 atom stereocenters. The summed E-state index contributed by atoms with van der Waals surface area (Å²) >= 11 is 0. The minimum absolute atomic E-state index is 0. The smallest absolute Gasteiger partial charge is 1.00 e. The minimum atomic E-state index is -0.757. The molecule has 0 bridgehead atoms. The van der Waals surface area contributed by atoms with E-state index in [0.29, 0.717) is 0 Å². The molecule has 0 fully saturated rings. The fourth-order valence-corrected chi connectivity index (χ4v) is 0.367. The second-order valence-corrected chi connectivity index (χ2v) is 3.77. The Balaban J connectivity index is -0.0000000845. The van der Waals surface area contributed by atoms with E-state index in [0.717, 1.165) is 0 Å². The van der Waals surface area contributed by atoms with Gasteiger partial charge in [0.05, 0.1) is 5.41 Å². The number of benzene rings is 1. The molecule has 0 saturated heterocycles. The topological polar surface area (TPSA) is 37.3 Å². The van der Waals surface area contributed by atoms with Gasteiger partial charge in [0, 0.05) is 25.3 Å². The molecule has 0 radical (unpaired) electrons. The Hall–Kier alpha value is 0.131. The van der Waals surface area contributed by atoms with E-state index < -0.39 is 11.4 Å². The van der Waals surface area contributed by atoms with E-state index in [1.165, 1.54) is 24.3 Å². The van der Waals surface area contributed by atoms with Crippen molar-refractivity contribution >= 4 is 5.97 Å². The summed E-state index contributed by atoms with van der Waals surface area (Å²) in [6.07, 6.45) is 0. The van der Waals surface area contributed by atoms with Crippen LogP contribution in [0, 0.1) is 17.3 Å². The first-order chi connectivity index (χ1) is 6.34. The van der Waals surface area contributed by atoms with Crippen molar-refractivity contribution in [1.82, 2.24) is 0 Å². The zero-order valence-electron chi connectivity index (χ0n) is 10.6. The van der Waals surface area contributed by atoms with E-state index in [1.807, 2.05) is 0 Å². The fraction of sp³-hybridized carbons (Fsp3) is 0.364. The van der Waals surface area contributed by atoms with Gasteiger partial charge in [-0.3, -0.25) is 4.79 Å². The summed E-state index contributed by atoms with van der Waals surface area (Å²) < 4.78 is 11.9. The van der Waals surface area contributed by atoms with Gasteiger partial charge in [-0.15, -0.1) is 12.1 Å². The average Bonchev–Trinajstić information content (AvgIpc) is 2.04. The van der Waals surface area contributed by atoms with Crippen LogP contribution in [0.1, 0.15) is 20.8 Å². The van der Waals surface area contributed by atoms with Gasteiger partial charge in [-0.05, 0) is 20.8 Å². The SMILES string of the molecule is CC(C)(C)C(=O)O.Fc1cc[c-]cc1.[Cl-].[Li+].[Zn]. The number of carboxylic acid groups (broad SMARTS) is 1. The first-order valence-electron chi connectivity index (χ1n) is 4.19. The Morgan fingerprint density at radius 2 is 1.59 bits per heavy atom. The maximum absolute atomic E-state index is 11.9. The van der Waals surface area contributed by atoms with Gasteiger partial charge < -0.3 is 17.5 Å². The molecular formula is C11H14ClFLiO2Zn-. The molecule has 1 aromatic rings. The molecule has 0 amide bonds. The summed E-state index contributed by atoms with van der Waals surface area (Å²) in [6, 6.07) is 8.49. The number of halogens is 2. The number of carbonyl (C=O) groups is 1. The van der Waals surface area contributed by atoms with Crippen molar-refractivity contribution in [3.05, 3.63) is 36.1 Å². The van der Waals surface area contributed by atoms with E-state index in [1.54, 1.807) is 20.8 Å². The number of carboxylic acids is 1. The molecule has 0 aliphatic rings. The summed E-state index contributed by atoms with van der Waals surface area (Å²) in [6.45, 7) is 4.99. The van der Waals surface area contributed by atoms with E-state index in [9.17, 15) is 9.18 Å². The third-order valence-corrected chi connectivity index (χ3v) is 1.32. The molecule has 0 aliphatic carbocycles. The van der Waals surface area contributed by atoms with Crippen molar-refractivity contribution in [2.45, 2.75) is 20.8 Å². The second kappa shape index (κ2) is 12.6. The van der Waals surface area contributed by atoms with Crippen LogP contribution in [0.3, 0.4) is 0 Å². The van der Waals surface area contributed by atoms with E-state index in [-0.39, 0.29) is 56.6 Å². The van der Waals surface area contributed by atoms with Gasteiger partial charge in [0.15, 0.2) is 0 Å². The first kappa shape index (κ1) is 25.9. The maximum atomic E-state index is 11.9. The van der Waals surface area contributed by atoms with Crippen LogP contribution >= 0.6 is 0 Å². The van der Waals surface area contributed by atoms with Crippen LogP contribution in [0.2, 0.25) is 0 Å². The molecule has 1 rings (SSSR count). The van der Waals surface area contributed by atoms with Gasteiger partial charge >= 0.3 is 24.8 Å². The molecule has 0 spiro atoms. The molecule has 2 nitrogen and oxygen atoms in total. The molecule has 0 saturated carbocycles. The number of hydrogen-bond donors (Lipinski definition) is 1. The minimum Gasteiger partial charge on any atom is -1.00 e. The van der Waals surface area contributed by atoms with E-state index >= 15 is 0 Å². The quantitative estimate of drug-likeness (QED) is 0.404. The Kier molecular flexibility index (Phi) is 19.1. The van der Waals surface area contributed by atoms with Crippen molar-refractivity contribution in [2.24, 2.45) is 5.41 Å². The van der Waals surface area contributed by atoms with E-state index in [4.69, 9.17) is 5.11 Å². The zero-order valence-corrected chi connectivity index (χ0v) is 14.4. The first-order valence-corrected chi connectivity index (χ1v) is 4.19. The number of hydrogen-bond acceptors (Lipinski definition) is 1. The van der Waals surface area contributed by atoms with Crippen LogP contribution < -0.4 is 31.3 Å². The molecule has 0 aromatic heterocycles. The van der Waals surface area contributed by atoms with Gasteiger partial charge in [-0.25, -0.2) is 4.39 Å². The molecule has 1 aromatic carbocycles. The molecule has 0 aliphatic heterocycles. The average molecular weight is 305 g/mol. The molecule has 0 heterocycles. The van der Waals surface area contributed by atoms with E-state index in [2.05, 4.69) is 6.07 Å². The largest absolute Gasteiger partial charge is 1.00 e. The van der Waals surface area contributed by atoms with Crippen molar-refractivity contribution in [1.29, 1.82) is 0 Å². The summed E-state index contributed by atoms with van der Waals surface area (Å²) in [5, 5.41) is 8.25. The number of aliphatic carboxylic acids is 1. The molecule has 6 heteroatoms. The van der Waals surface area contributed by atoms with Crippen LogP contribution in [-0.4, -0.2) is 11.1 Å².